The van der Waals surface area contributed by atoms with Gasteiger partial charge in [-0.1, -0.05) is 18.2 Å². The lowest BCUT2D eigenvalue weighted by atomic mass is 10.0. The van der Waals surface area contributed by atoms with Crippen LogP contribution in [0.15, 0.2) is 24.3 Å². The van der Waals surface area contributed by atoms with Crippen LogP contribution in [0.1, 0.15) is 36.3 Å². The van der Waals surface area contributed by atoms with E-state index in [1.54, 1.807) is 11.0 Å². The van der Waals surface area contributed by atoms with Crippen LogP contribution >= 0.6 is 0 Å². The maximum atomic E-state index is 13.2. The second-order valence-electron chi connectivity index (χ2n) is 7.35. The second-order valence-corrected chi connectivity index (χ2v) is 7.35. The van der Waals surface area contributed by atoms with Crippen molar-refractivity contribution in [1.29, 1.82) is 0 Å². The number of ether oxygens (including phenoxy) is 1. The van der Waals surface area contributed by atoms with Crippen molar-refractivity contribution in [2.75, 3.05) is 19.7 Å². The summed E-state index contributed by atoms with van der Waals surface area (Å²) in [6.07, 6.45) is -2.82. The predicted molar refractivity (Wildman–Crippen MR) is 86.3 cm³/mol. The monoisotopic (exact) mass is 367 g/mol. The molecule has 1 saturated heterocycles. The quantitative estimate of drug-likeness (QED) is 0.822. The summed E-state index contributed by atoms with van der Waals surface area (Å²) in [5.74, 6) is -0.891. The molecule has 1 heterocycles. The van der Waals surface area contributed by atoms with E-state index in [2.05, 4.69) is 0 Å². The minimum absolute atomic E-state index is 0.0530. The van der Waals surface area contributed by atoms with Gasteiger partial charge in [-0.2, -0.15) is 13.2 Å². The van der Waals surface area contributed by atoms with Gasteiger partial charge >= 0.3 is 6.18 Å². The van der Waals surface area contributed by atoms with Crippen LogP contribution in [0.5, 0.6) is 0 Å². The van der Waals surface area contributed by atoms with Crippen molar-refractivity contribution in [2.24, 2.45) is 11.8 Å². The molecule has 140 valence electrons. The molecule has 26 heavy (non-hydrogen) atoms. The third-order valence-corrected chi connectivity index (χ3v) is 5.45. The molecule has 4 nitrogen and oxygen atoms in total. The third kappa shape index (κ3) is 3.37. The van der Waals surface area contributed by atoms with Gasteiger partial charge in [0.25, 0.3) is 0 Å². The summed E-state index contributed by atoms with van der Waals surface area (Å²) < 4.78 is 45.1. The Bertz CT molecular complexity index is 729. The summed E-state index contributed by atoms with van der Waals surface area (Å²) in [4.78, 5) is 26.5. The molecule has 1 aliphatic heterocycles. The number of carbonyl (C=O) groups excluding carboxylic acids is 2. The molecule has 4 rings (SSSR count). The molecule has 0 spiro atoms. The van der Waals surface area contributed by atoms with Crippen molar-refractivity contribution in [3.8, 4) is 0 Å². The summed E-state index contributed by atoms with van der Waals surface area (Å²) in [5, 5.41) is 0. The van der Waals surface area contributed by atoms with Gasteiger partial charge in [-0.3, -0.25) is 9.59 Å². The highest BCUT2D eigenvalue weighted by Gasteiger charge is 2.50. The van der Waals surface area contributed by atoms with Crippen molar-refractivity contribution in [3.05, 3.63) is 35.4 Å². The predicted octanol–water partition coefficient (Wildman–Crippen LogP) is 3.02. The Kier molecular flexibility index (Phi) is 4.29. The molecule has 0 radical (unpaired) electrons. The first-order valence-corrected chi connectivity index (χ1v) is 8.96. The third-order valence-electron chi connectivity index (χ3n) is 5.45. The number of hydrogen-bond donors (Lipinski definition) is 0. The number of rotatable bonds is 4. The Morgan fingerprint density at radius 3 is 2.58 bits per heavy atom. The number of ketones is 1. The van der Waals surface area contributed by atoms with Crippen LogP contribution in [0.2, 0.25) is 0 Å². The summed E-state index contributed by atoms with van der Waals surface area (Å²) in [7, 11) is 0. The van der Waals surface area contributed by atoms with Gasteiger partial charge in [-0.15, -0.1) is 0 Å². The standard InChI is InChI=1S/C19H20F3NO3/c20-19(21,22)15-4-2-1-3-12(15)13-9-14(13)18(25)23-7-8-26-16(10-23)17(24)11-5-6-11/h1-4,11,13-14,16H,5-10H2/t13-,14+,16+/m1/s1. The van der Waals surface area contributed by atoms with E-state index in [1.807, 2.05) is 0 Å². The molecule has 2 aliphatic carbocycles. The van der Waals surface area contributed by atoms with E-state index < -0.39 is 29.7 Å². The van der Waals surface area contributed by atoms with Crippen LogP contribution in [0.25, 0.3) is 0 Å². The highest BCUT2D eigenvalue weighted by molar-refractivity contribution is 5.89. The maximum Gasteiger partial charge on any atom is 0.416 e. The zero-order valence-corrected chi connectivity index (χ0v) is 14.2. The number of morpholine rings is 1. The molecule has 0 bridgehead atoms. The summed E-state index contributed by atoms with van der Waals surface area (Å²) in [6, 6.07) is 5.46. The van der Waals surface area contributed by atoms with Gasteiger partial charge in [0.15, 0.2) is 5.78 Å². The summed E-state index contributed by atoms with van der Waals surface area (Å²) in [5.41, 5.74) is -0.471. The normalized spacial score (nSPS) is 28.7. The molecule has 7 heteroatoms. The molecule has 1 amide bonds. The Balaban J connectivity index is 1.44. The average Bonchev–Trinajstić information content (AvgIpc) is 3.53. The molecule has 2 saturated carbocycles. The molecule has 3 fully saturated rings. The number of amides is 1. The van der Waals surface area contributed by atoms with E-state index in [9.17, 15) is 22.8 Å². The first-order chi connectivity index (χ1) is 12.4. The smallest absolute Gasteiger partial charge is 0.367 e. The lowest BCUT2D eigenvalue weighted by Crippen LogP contribution is -2.49. The Hall–Kier alpha value is -1.89. The lowest BCUT2D eigenvalue weighted by Gasteiger charge is -2.32. The number of halogens is 3. The van der Waals surface area contributed by atoms with Crippen LogP contribution < -0.4 is 0 Å². The van der Waals surface area contributed by atoms with Gasteiger partial charge in [-0.05, 0) is 36.8 Å². The average molecular weight is 367 g/mol. The van der Waals surface area contributed by atoms with Gasteiger partial charge in [-0.25, -0.2) is 0 Å². The summed E-state index contributed by atoms with van der Waals surface area (Å²) in [6.45, 7) is 0.904. The highest BCUT2D eigenvalue weighted by Crippen LogP contribution is 2.51. The van der Waals surface area contributed by atoms with Crippen LogP contribution in [-0.2, 0) is 20.5 Å². The second kappa shape index (κ2) is 6.37. The van der Waals surface area contributed by atoms with Crippen molar-refractivity contribution >= 4 is 11.7 Å². The van der Waals surface area contributed by atoms with Gasteiger partial charge in [0.2, 0.25) is 5.91 Å². The fourth-order valence-electron chi connectivity index (χ4n) is 3.78. The number of benzene rings is 1. The number of nitrogens with zero attached hydrogens (tertiary/aromatic N) is 1. The van der Waals surface area contributed by atoms with Gasteiger partial charge in [0.05, 0.1) is 18.7 Å². The lowest BCUT2D eigenvalue weighted by molar-refractivity contribution is -0.147. The first kappa shape index (κ1) is 17.5. The maximum absolute atomic E-state index is 13.2. The van der Waals surface area contributed by atoms with Crippen LogP contribution in [0.3, 0.4) is 0 Å². The molecule has 1 aromatic carbocycles. The largest absolute Gasteiger partial charge is 0.416 e. The molecular weight excluding hydrogens is 347 g/mol. The van der Waals surface area contributed by atoms with Crippen LogP contribution in [-0.4, -0.2) is 42.4 Å². The van der Waals surface area contributed by atoms with Crippen molar-refractivity contribution in [1.82, 2.24) is 4.90 Å². The van der Waals surface area contributed by atoms with E-state index in [0.29, 0.717) is 19.6 Å². The van der Waals surface area contributed by atoms with E-state index in [1.165, 1.54) is 12.1 Å². The molecule has 3 atom stereocenters. The number of carbonyl (C=O) groups is 2. The van der Waals surface area contributed by atoms with Crippen molar-refractivity contribution < 1.29 is 27.5 Å². The Morgan fingerprint density at radius 1 is 1.15 bits per heavy atom. The Labute approximate surface area is 149 Å². The minimum atomic E-state index is -4.42. The molecule has 3 aliphatic rings. The molecule has 0 unspecified atom stereocenters. The zero-order chi connectivity index (χ0) is 18.5. The fraction of sp³-hybridized carbons (Fsp3) is 0.579. The van der Waals surface area contributed by atoms with Crippen molar-refractivity contribution in [3.63, 3.8) is 0 Å². The summed E-state index contributed by atoms with van der Waals surface area (Å²) >= 11 is 0. The minimum Gasteiger partial charge on any atom is -0.367 e. The van der Waals surface area contributed by atoms with E-state index in [-0.39, 0.29) is 29.7 Å². The van der Waals surface area contributed by atoms with E-state index >= 15 is 0 Å². The molecule has 1 aromatic rings. The van der Waals surface area contributed by atoms with Crippen molar-refractivity contribution in [2.45, 2.75) is 37.5 Å². The first-order valence-electron chi connectivity index (χ1n) is 8.96. The SMILES string of the molecule is O=C(C1CC1)[C@@H]1CN(C(=O)[C@H]2C[C@@H]2c2ccccc2C(F)(F)F)CCO1. The van der Waals surface area contributed by atoms with Crippen LogP contribution in [0, 0.1) is 11.8 Å². The highest BCUT2D eigenvalue weighted by atomic mass is 19.4. The zero-order valence-electron chi connectivity index (χ0n) is 14.2. The number of alkyl halides is 3. The van der Waals surface area contributed by atoms with E-state index in [0.717, 1.165) is 18.9 Å². The fourth-order valence-corrected chi connectivity index (χ4v) is 3.78. The number of hydrogen-bond acceptors (Lipinski definition) is 3. The van der Waals surface area contributed by atoms with Gasteiger partial charge < -0.3 is 9.64 Å². The van der Waals surface area contributed by atoms with Gasteiger partial charge in [0.1, 0.15) is 6.10 Å². The van der Waals surface area contributed by atoms with Gasteiger partial charge in [0, 0.05) is 18.4 Å². The van der Waals surface area contributed by atoms with E-state index in [4.69, 9.17) is 4.74 Å². The number of Topliss-reactive ketones (excluding diaryl/α,β-unsaturated/α-hetero) is 1. The topological polar surface area (TPSA) is 46.6 Å². The molecular formula is C19H20F3NO3. The van der Waals surface area contributed by atoms with Crippen LogP contribution in [0.4, 0.5) is 13.2 Å². The Morgan fingerprint density at radius 2 is 1.88 bits per heavy atom. The molecule has 0 aromatic heterocycles. The molecule has 0 N–H and O–H groups in total.